The van der Waals surface area contributed by atoms with Crippen LogP contribution >= 0.6 is 24.0 Å². The van der Waals surface area contributed by atoms with Crippen molar-refractivity contribution in [2.24, 2.45) is 4.99 Å². The first-order valence-corrected chi connectivity index (χ1v) is 10.1. The van der Waals surface area contributed by atoms with E-state index in [4.69, 9.17) is 0 Å². The number of non-ortho nitro benzene ring substituents is 1. The number of guanidine groups is 1. The zero-order valence-electron chi connectivity index (χ0n) is 17.1. The number of benzene rings is 1. The monoisotopic (exact) mass is 517 g/mol. The highest BCUT2D eigenvalue weighted by Gasteiger charge is 2.18. The Labute approximate surface area is 189 Å². The van der Waals surface area contributed by atoms with Crippen molar-refractivity contribution in [1.29, 1.82) is 0 Å². The molecule has 0 radical (unpaired) electrons. The topological polar surface area (TPSA) is 99.9 Å². The smallest absolute Gasteiger partial charge is 0.269 e. The van der Waals surface area contributed by atoms with Crippen LogP contribution in [0.5, 0.6) is 0 Å². The van der Waals surface area contributed by atoms with Crippen LogP contribution < -0.4 is 10.6 Å². The van der Waals surface area contributed by atoms with E-state index in [2.05, 4.69) is 15.6 Å². The van der Waals surface area contributed by atoms with E-state index in [1.807, 2.05) is 24.0 Å². The summed E-state index contributed by atoms with van der Waals surface area (Å²) in [7, 11) is 0. The van der Waals surface area contributed by atoms with Crippen LogP contribution in [0, 0.1) is 10.1 Å². The molecule has 1 heterocycles. The van der Waals surface area contributed by atoms with Crippen LogP contribution in [0.1, 0.15) is 44.6 Å². The van der Waals surface area contributed by atoms with E-state index in [1.54, 1.807) is 12.1 Å². The maximum absolute atomic E-state index is 11.6. The Morgan fingerprint density at radius 1 is 1.21 bits per heavy atom. The summed E-state index contributed by atoms with van der Waals surface area (Å²) in [5.41, 5.74) is 1.24. The third-order valence-corrected chi connectivity index (χ3v) is 4.70. The van der Waals surface area contributed by atoms with Gasteiger partial charge >= 0.3 is 0 Å². The maximum Gasteiger partial charge on any atom is 0.269 e. The third kappa shape index (κ3) is 9.42. The summed E-state index contributed by atoms with van der Waals surface area (Å²) in [4.78, 5) is 28.4. The van der Waals surface area contributed by atoms with Gasteiger partial charge in [-0.05, 0) is 44.6 Å². The van der Waals surface area contributed by atoms with Crippen molar-refractivity contribution in [3.05, 3.63) is 39.9 Å². The van der Waals surface area contributed by atoms with Crippen LogP contribution in [-0.4, -0.2) is 54.4 Å². The van der Waals surface area contributed by atoms with Crippen molar-refractivity contribution in [3.63, 3.8) is 0 Å². The van der Waals surface area contributed by atoms with Crippen LogP contribution in [0.3, 0.4) is 0 Å². The number of rotatable bonds is 11. The number of nitro groups is 1. The molecule has 0 aliphatic carbocycles. The molecule has 1 fully saturated rings. The van der Waals surface area contributed by atoms with Gasteiger partial charge in [-0.3, -0.25) is 19.9 Å². The van der Waals surface area contributed by atoms with Gasteiger partial charge in [0, 0.05) is 51.3 Å². The average Bonchev–Trinajstić information content (AvgIpc) is 3.10. The molecule has 1 aromatic carbocycles. The second kappa shape index (κ2) is 14.1. The Balaban J connectivity index is 0.00000420. The van der Waals surface area contributed by atoms with Crippen LogP contribution in [0.4, 0.5) is 5.69 Å². The Morgan fingerprint density at radius 3 is 2.59 bits per heavy atom. The number of amides is 1. The number of aliphatic imine (C=N–C) groups is 1. The number of carbonyl (C=O) groups excluding carboxylic acids is 1. The summed E-state index contributed by atoms with van der Waals surface area (Å²) in [6, 6.07) is 6.75. The standard InChI is InChI=1S/C20H31N5O3.HI/c1-2-21-20(23-14-6-16-24-15-5-8-19(24)26)22-13-4-3-7-17-9-11-18(12-10-17)25(27)28;/h9-12H,2-8,13-16H2,1H3,(H2,21,22,23);1H. The van der Waals surface area contributed by atoms with Crippen LogP contribution in [0.2, 0.25) is 0 Å². The van der Waals surface area contributed by atoms with Crippen molar-refractivity contribution >= 4 is 41.5 Å². The maximum atomic E-state index is 11.6. The van der Waals surface area contributed by atoms with E-state index in [0.29, 0.717) is 13.0 Å². The zero-order chi connectivity index (χ0) is 20.2. The Kier molecular flexibility index (Phi) is 12.2. The molecule has 8 nitrogen and oxygen atoms in total. The lowest BCUT2D eigenvalue weighted by atomic mass is 10.1. The molecule has 0 saturated carbocycles. The third-order valence-electron chi connectivity index (χ3n) is 4.70. The molecule has 9 heteroatoms. The largest absolute Gasteiger partial charge is 0.357 e. The predicted molar refractivity (Wildman–Crippen MR) is 126 cm³/mol. The fraction of sp³-hybridized carbons (Fsp3) is 0.600. The second-order valence-corrected chi connectivity index (χ2v) is 6.91. The molecule has 162 valence electrons. The number of carbonyl (C=O) groups is 1. The first-order chi connectivity index (χ1) is 13.6. The molecule has 0 aromatic heterocycles. The number of nitro benzene ring substituents is 1. The first kappa shape index (κ1) is 25.1. The van der Waals surface area contributed by atoms with Gasteiger partial charge in [0.25, 0.3) is 5.69 Å². The number of hydrogen-bond acceptors (Lipinski definition) is 4. The molecule has 0 unspecified atom stereocenters. The molecule has 2 N–H and O–H groups in total. The average molecular weight is 517 g/mol. The summed E-state index contributed by atoms with van der Waals surface area (Å²) < 4.78 is 0. The Morgan fingerprint density at radius 2 is 1.97 bits per heavy atom. The van der Waals surface area contributed by atoms with Gasteiger partial charge in [-0.2, -0.15) is 0 Å². The van der Waals surface area contributed by atoms with Crippen LogP contribution in [-0.2, 0) is 11.2 Å². The minimum atomic E-state index is -0.377. The van der Waals surface area contributed by atoms with E-state index in [0.717, 1.165) is 69.8 Å². The molecule has 1 aromatic rings. The molecule has 2 rings (SSSR count). The first-order valence-electron chi connectivity index (χ1n) is 10.1. The SMILES string of the molecule is CCNC(=NCCCN1CCCC1=O)NCCCCc1ccc([N+](=O)[O-])cc1.I. The number of aryl methyl sites for hydroxylation is 1. The lowest BCUT2D eigenvalue weighted by Gasteiger charge is -2.15. The highest BCUT2D eigenvalue weighted by Crippen LogP contribution is 2.13. The van der Waals surface area contributed by atoms with E-state index in [1.165, 1.54) is 0 Å². The highest BCUT2D eigenvalue weighted by molar-refractivity contribution is 14.0. The molecule has 0 atom stereocenters. The fourth-order valence-corrected chi connectivity index (χ4v) is 3.18. The Hall–Kier alpha value is -1.91. The van der Waals surface area contributed by atoms with Gasteiger partial charge in [0.05, 0.1) is 4.92 Å². The summed E-state index contributed by atoms with van der Waals surface area (Å²) in [6.07, 6.45) is 5.43. The zero-order valence-corrected chi connectivity index (χ0v) is 19.4. The van der Waals surface area contributed by atoms with Gasteiger partial charge in [0.15, 0.2) is 5.96 Å². The number of hydrogen-bond donors (Lipinski definition) is 2. The molecular weight excluding hydrogens is 485 g/mol. The molecule has 1 saturated heterocycles. The quantitative estimate of drug-likeness (QED) is 0.117. The van der Waals surface area contributed by atoms with Gasteiger partial charge < -0.3 is 15.5 Å². The summed E-state index contributed by atoms with van der Waals surface area (Å²) in [6.45, 7) is 6.03. The summed E-state index contributed by atoms with van der Waals surface area (Å²) in [5, 5.41) is 17.2. The molecule has 29 heavy (non-hydrogen) atoms. The Bertz CT molecular complexity index is 667. The number of nitrogens with one attached hydrogen (secondary N) is 2. The van der Waals surface area contributed by atoms with Gasteiger partial charge in [-0.15, -0.1) is 24.0 Å². The van der Waals surface area contributed by atoms with Crippen molar-refractivity contribution < 1.29 is 9.72 Å². The summed E-state index contributed by atoms with van der Waals surface area (Å²) in [5.74, 6) is 1.08. The molecule has 0 spiro atoms. The molecule has 1 aliphatic rings. The predicted octanol–water partition coefficient (Wildman–Crippen LogP) is 3.10. The van der Waals surface area contributed by atoms with E-state index in [-0.39, 0.29) is 40.5 Å². The number of nitrogens with zero attached hydrogens (tertiary/aromatic N) is 3. The van der Waals surface area contributed by atoms with Gasteiger partial charge in [0.2, 0.25) is 5.91 Å². The van der Waals surface area contributed by atoms with E-state index >= 15 is 0 Å². The van der Waals surface area contributed by atoms with E-state index < -0.39 is 0 Å². The van der Waals surface area contributed by atoms with Crippen molar-refractivity contribution in [2.45, 2.75) is 45.4 Å². The molecule has 1 aliphatic heterocycles. The van der Waals surface area contributed by atoms with Gasteiger partial charge in [-0.25, -0.2) is 0 Å². The minimum absolute atomic E-state index is 0. The fourth-order valence-electron chi connectivity index (χ4n) is 3.18. The summed E-state index contributed by atoms with van der Waals surface area (Å²) >= 11 is 0. The van der Waals surface area contributed by atoms with Crippen molar-refractivity contribution in [2.75, 3.05) is 32.7 Å². The second-order valence-electron chi connectivity index (χ2n) is 6.91. The van der Waals surface area contributed by atoms with E-state index in [9.17, 15) is 14.9 Å². The minimum Gasteiger partial charge on any atom is -0.357 e. The van der Waals surface area contributed by atoms with Crippen molar-refractivity contribution in [1.82, 2.24) is 15.5 Å². The number of likely N-dealkylation sites (tertiary alicyclic amines) is 1. The lowest BCUT2D eigenvalue weighted by Crippen LogP contribution is -2.38. The molecular formula is C20H32IN5O3. The highest BCUT2D eigenvalue weighted by atomic mass is 127. The molecule has 1 amide bonds. The number of unbranched alkanes of at least 4 members (excludes halogenated alkanes) is 1. The number of halogens is 1. The van der Waals surface area contributed by atoms with Crippen LogP contribution in [0.25, 0.3) is 0 Å². The van der Waals surface area contributed by atoms with Crippen LogP contribution in [0.15, 0.2) is 29.3 Å². The normalized spacial score (nSPS) is 13.9. The van der Waals surface area contributed by atoms with Gasteiger partial charge in [0.1, 0.15) is 0 Å². The molecule has 0 bridgehead atoms. The van der Waals surface area contributed by atoms with Gasteiger partial charge in [-0.1, -0.05) is 12.1 Å². The lowest BCUT2D eigenvalue weighted by molar-refractivity contribution is -0.384. The van der Waals surface area contributed by atoms with Crippen molar-refractivity contribution in [3.8, 4) is 0 Å².